The van der Waals surface area contributed by atoms with Crippen molar-refractivity contribution >= 4 is 23.0 Å². The number of aryl methyl sites for hydroxylation is 1. The number of nitrogens with zero attached hydrogens (tertiary/aromatic N) is 4. The molecule has 2 N–H and O–H groups in total. The van der Waals surface area contributed by atoms with Gasteiger partial charge in [0.1, 0.15) is 34.7 Å². The summed E-state index contributed by atoms with van der Waals surface area (Å²) in [6.07, 6.45) is 5.21. The molecule has 1 aromatic carbocycles. The summed E-state index contributed by atoms with van der Waals surface area (Å²) >= 11 is 0. The van der Waals surface area contributed by atoms with Crippen LogP contribution in [0.15, 0.2) is 35.5 Å². The third-order valence-electron chi connectivity index (χ3n) is 5.42. The molecule has 5 rings (SSSR count). The van der Waals surface area contributed by atoms with E-state index in [4.69, 9.17) is 0 Å². The summed E-state index contributed by atoms with van der Waals surface area (Å²) < 4.78 is 28.9. The van der Waals surface area contributed by atoms with Gasteiger partial charge < -0.3 is 10.2 Å². The zero-order valence-electron chi connectivity index (χ0n) is 16.0. The van der Waals surface area contributed by atoms with Crippen LogP contribution in [-0.2, 0) is 0 Å². The molecule has 2 aliphatic rings. The van der Waals surface area contributed by atoms with Gasteiger partial charge in [0.15, 0.2) is 0 Å². The van der Waals surface area contributed by atoms with E-state index in [0.717, 1.165) is 43.0 Å². The van der Waals surface area contributed by atoms with E-state index in [1.165, 1.54) is 24.6 Å². The van der Waals surface area contributed by atoms with Gasteiger partial charge in [-0.25, -0.2) is 18.8 Å². The van der Waals surface area contributed by atoms with Gasteiger partial charge in [0, 0.05) is 18.7 Å². The first-order valence-corrected chi connectivity index (χ1v) is 9.72. The molecule has 148 valence electrons. The molecule has 2 aliphatic heterocycles. The third kappa shape index (κ3) is 3.04. The lowest BCUT2D eigenvalue weighted by Gasteiger charge is -2.28. The smallest absolute Gasteiger partial charge is 0.144 e. The summed E-state index contributed by atoms with van der Waals surface area (Å²) in [5.74, 6) is -0.393. The molecule has 0 spiro atoms. The Balaban J connectivity index is 1.66. The Hall–Kier alpha value is -3.29. The van der Waals surface area contributed by atoms with Crippen LogP contribution in [-0.4, -0.2) is 34.1 Å². The molecule has 0 aliphatic carbocycles. The van der Waals surface area contributed by atoms with Crippen molar-refractivity contribution in [1.82, 2.24) is 15.2 Å². The Morgan fingerprint density at radius 1 is 1.07 bits per heavy atom. The molecule has 0 saturated carbocycles. The molecule has 0 radical (unpaired) electrons. The summed E-state index contributed by atoms with van der Waals surface area (Å²) in [6, 6.07) is 5.74. The summed E-state index contributed by atoms with van der Waals surface area (Å²) in [5.41, 5.74) is 3.13. The molecule has 0 atom stereocenters. The Kier molecular flexibility index (Phi) is 4.26. The molecular weight excluding hydrogens is 374 g/mol. The number of aliphatic imine (C=N–C) groups is 1. The van der Waals surface area contributed by atoms with Gasteiger partial charge in [-0.2, -0.15) is 5.10 Å². The molecule has 1 saturated heterocycles. The van der Waals surface area contributed by atoms with Gasteiger partial charge in [-0.15, -0.1) is 0 Å². The van der Waals surface area contributed by atoms with Gasteiger partial charge >= 0.3 is 0 Å². The predicted octanol–water partition coefficient (Wildman–Crippen LogP) is 4.55. The second-order valence-electron chi connectivity index (χ2n) is 7.36. The topological polar surface area (TPSA) is 69.2 Å². The van der Waals surface area contributed by atoms with Crippen LogP contribution in [0.2, 0.25) is 0 Å². The Labute approximate surface area is 166 Å². The van der Waals surface area contributed by atoms with Crippen molar-refractivity contribution in [2.75, 3.05) is 23.3 Å². The first-order chi connectivity index (χ1) is 14.1. The molecule has 1 fully saturated rings. The summed E-state index contributed by atoms with van der Waals surface area (Å²) in [4.78, 5) is 11.4. The standard InChI is InChI=1S/C21H20F2N6/c1-12-19-20(28-27-12)13-10-17(29-8-3-2-4-9-29)24-11-16(13)25-21(26-19)18-14(22)6-5-7-15(18)23/h5-7,10-11H,2-4,8-9H2,1H3,(H,25,26)(H,27,28). The normalized spacial score (nSPS) is 15.8. The van der Waals surface area contributed by atoms with Gasteiger partial charge in [-0.05, 0) is 44.4 Å². The SMILES string of the molecule is Cc1[nH]nc2c1N=C(c1c(F)cccc1F)Nc1cnc(N3CCCCC3)cc1-2. The van der Waals surface area contributed by atoms with E-state index < -0.39 is 11.6 Å². The summed E-state index contributed by atoms with van der Waals surface area (Å²) in [7, 11) is 0. The van der Waals surface area contributed by atoms with Crippen LogP contribution >= 0.6 is 0 Å². The Morgan fingerprint density at radius 2 is 1.83 bits per heavy atom. The number of fused-ring (bicyclic) bond motifs is 3. The number of H-pyrrole nitrogens is 1. The van der Waals surface area contributed by atoms with E-state index in [9.17, 15) is 8.78 Å². The monoisotopic (exact) mass is 394 g/mol. The molecule has 2 aromatic heterocycles. The number of halogens is 2. The zero-order chi connectivity index (χ0) is 20.0. The molecule has 0 bridgehead atoms. The lowest BCUT2D eigenvalue weighted by atomic mass is 10.1. The number of pyridine rings is 1. The van der Waals surface area contributed by atoms with Gasteiger partial charge in [0.05, 0.1) is 23.1 Å². The molecule has 8 heteroatoms. The van der Waals surface area contributed by atoms with Crippen molar-refractivity contribution in [3.8, 4) is 11.3 Å². The number of rotatable bonds is 2. The van der Waals surface area contributed by atoms with Gasteiger partial charge in [0.2, 0.25) is 0 Å². The van der Waals surface area contributed by atoms with Crippen molar-refractivity contribution in [3.63, 3.8) is 0 Å². The quantitative estimate of drug-likeness (QED) is 0.669. The number of benzene rings is 1. The van der Waals surface area contributed by atoms with Crippen molar-refractivity contribution in [1.29, 1.82) is 0 Å². The fourth-order valence-electron chi connectivity index (χ4n) is 3.89. The van der Waals surface area contributed by atoms with Crippen LogP contribution in [0.5, 0.6) is 0 Å². The molecule has 4 heterocycles. The van der Waals surface area contributed by atoms with Crippen LogP contribution in [0, 0.1) is 18.6 Å². The maximum absolute atomic E-state index is 14.4. The number of piperidine rings is 1. The number of aromatic nitrogens is 3. The molecule has 0 unspecified atom stereocenters. The highest BCUT2D eigenvalue weighted by atomic mass is 19.1. The van der Waals surface area contributed by atoms with E-state index in [2.05, 4.69) is 30.4 Å². The third-order valence-corrected chi connectivity index (χ3v) is 5.42. The highest BCUT2D eigenvalue weighted by molar-refractivity contribution is 6.13. The van der Waals surface area contributed by atoms with E-state index in [1.54, 1.807) is 6.20 Å². The lowest BCUT2D eigenvalue weighted by Crippen LogP contribution is -2.30. The fourth-order valence-corrected chi connectivity index (χ4v) is 3.89. The lowest BCUT2D eigenvalue weighted by molar-refractivity contribution is 0.573. The molecule has 3 aromatic rings. The zero-order valence-corrected chi connectivity index (χ0v) is 16.0. The highest BCUT2D eigenvalue weighted by Gasteiger charge is 2.26. The maximum atomic E-state index is 14.4. The molecule has 0 amide bonds. The number of nitrogens with one attached hydrogen (secondary N) is 2. The van der Waals surface area contributed by atoms with Crippen molar-refractivity contribution in [2.24, 2.45) is 4.99 Å². The number of anilines is 2. The maximum Gasteiger partial charge on any atom is 0.144 e. The van der Waals surface area contributed by atoms with Crippen LogP contribution in [0.4, 0.5) is 26.0 Å². The molecular formula is C21H20F2N6. The largest absolute Gasteiger partial charge is 0.357 e. The van der Waals surface area contributed by atoms with Crippen molar-refractivity contribution in [3.05, 3.63) is 53.4 Å². The van der Waals surface area contributed by atoms with Crippen LogP contribution < -0.4 is 10.2 Å². The molecule has 6 nitrogen and oxygen atoms in total. The van der Waals surface area contributed by atoms with Crippen molar-refractivity contribution < 1.29 is 8.78 Å². The number of hydrogen-bond donors (Lipinski definition) is 2. The van der Waals surface area contributed by atoms with Crippen LogP contribution in [0.25, 0.3) is 11.3 Å². The van der Waals surface area contributed by atoms with E-state index in [1.807, 2.05) is 13.0 Å². The fraction of sp³-hybridized carbons (Fsp3) is 0.286. The first kappa shape index (κ1) is 17.8. The van der Waals surface area contributed by atoms with E-state index in [0.29, 0.717) is 17.1 Å². The number of hydrogen-bond acceptors (Lipinski definition) is 5. The summed E-state index contributed by atoms with van der Waals surface area (Å²) in [5, 5.41) is 10.4. The second-order valence-corrected chi connectivity index (χ2v) is 7.36. The minimum atomic E-state index is -0.680. The minimum Gasteiger partial charge on any atom is -0.357 e. The number of amidine groups is 1. The molecule has 29 heavy (non-hydrogen) atoms. The van der Waals surface area contributed by atoms with Crippen molar-refractivity contribution in [2.45, 2.75) is 26.2 Å². The summed E-state index contributed by atoms with van der Waals surface area (Å²) in [6.45, 7) is 3.77. The van der Waals surface area contributed by atoms with Gasteiger partial charge in [-0.3, -0.25) is 5.10 Å². The van der Waals surface area contributed by atoms with Gasteiger partial charge in [-0.1, -0.05) is 6.07 Å². The Morgan fingerprint density at radius 3 is 2.59 bits per heavy atom. The first-order valence-electron chi connectivity index (χ1n) is 9.72. The Bertz CT molecular complexity index is 1090. The predicted molar refractivity (Wildman–Crippen MR) is 109 cm³/mol. The average molecular weight is 394 g/mol. The van der Waals surface area contributed by atoms with E-state index >= 15 is 0 Å². The number of aromatic amines is 1. The van der Waals surface area contributed by atoms with Crippen LogP contribution in [0.1, 0.15) is 30.5 Å². The minimum absolute atomic E-state index is 0.0950. The van der Waals surface area contributed by atoms with Crippen LogP contribution in [0.3, 0.4) is 0 Å². The average Bonchev–Trinajstić information content (AvgIpc) is 3.00. The van der Waals surface area contributed by atoms with E-state index in [-0.39, 0.29) is 11.4 Å². The van der Waals surface area contributed by atoms with Gasteiger partial charge in [0.25, 0.3) is 0 Å². The second kappa shape index (κ2) is 6.95. The highest BCUT2D eigenvalue weighted by Crippen LogP contribution is 2.40.